The number of aromatic nitrogens is 1. The summed E-state index contributed by atoms with van der Waals surface area (Å²) in [5, 5.41) is 5.69. The first-order chi connectivity index (χ1) is 6.40. The predicted octanol–water partition coefficient (Wildman–Crippen LogP) is 1.53. The summed E-state index contributed by atoms with van der Waals surface area (Å²) in [7, 11) is 0. The van der Waals surface area contributed by atoms with Gasteiger partial charge in [0.15, 0.2) is 0 Å². The molecule has 0 fully saturated rings. The van der Waals surface area contributed by atoms with E-state index in [1.807, 2.05) is 36.5 Å². The van der Waals surface area contributed by atoms with Gasteiger partial charge in [-0.3, -0.25) is 4.98 Å². The van der Waals surface area contributed by atoms with Gasteiger partial charge in [-0.05, 0) is 11.5 Å². The third-order valence-corrected chi connectivity index (χ3v) is 1.86. The third kappa shape index (κ3) is 1.49. The second-order valence-corrected chi connectivity index (χ2v) is 2.73. The molecule has 0 bridgehead atoms. The van der Waals surface area contributed by atoms with E-state index in [9.17, 15) is 0 Å². The number of benzene rings is 1. The number of nitrogens with zero attached hydrogens (tertiary/aromatic N) is 2. The number of pyridine rings is 1. The highest BCUT2D eigenvalue weighted by atomic mass is 15.1. The molecule has 0 saturated heterocycles. The SMILES string of the molecule is N/N=C/c1cc2ccccc2cn1. The van der Waals surface area contributed by atoms with Crippen LogP contribution < -0.4 is 5.84 Å². The largest absolute Gasteiger partial charge is 0.323 e. The first kappa shape index (κ1) is 7.73. The monoisotopic (exact) mass is 171 g/mol. The predicted molar refractivity (Wildman–Crippen MR) is 53.5 cm³/mol. The highest BCUT2D eigenvalue weighted by Crippen LogP contribution is 2.11. The smallest absolute Gasteiger partial charge is 0.0836 e. The van der Waals surface area contributed by atoms with Crippen LogP contribution in [0.3, 0.4) is 0 Å². The summed E-state index contributed by atoms with van der Waals surface area (Å²) in [6.45, 7) is 0. The average Bonchev–Trinajstić information content (AvgIpc) is 2.18. The molecule has 3 nitrogen and oxygen atoms in total. The van der Waals surface area contributed by atoms with Crippen LogP contribution >= 0.6 is 0 Å². The fourth-order valence-corrected chi connectivity index (χ4v) is 1.25. The Morgan fingerprint density at radius 2 is 2.00 bits per heavy atom. The number of hydrazone groups is 1. The van der Waals surface area contributed by atoms with Crippen LogP contribution in [0.2, 0.25) is 0 Å². The van der Waals surface area contributed by atoms with Crippen LogP contribution in [0.15, 0.2) is 41.6 Å². The Balaban J connectivity index is 2.62. The van der Waals surface area contributed by atoms with Crippen LogP contribution in [0.1, 0.15) is 5.69 Å². The molecule has 0 atom stereocenters. The lowest BCUT2D eigenvalue weighted by atomic mass is 10.1. The van der Waals surface area contributed by atoms with Crippen molar-refractivity contribution in [2.75, 3.05) is 0 Å². The van der Waals surface area contributed by atoms with Gasteiger partial charge in [-0.1, -0.05) is 24.3 Å². The van der Waals surface area contributed by atoms with Gasteiger partial charge in [0.2, 0.25) is 0 Å². The summed E-state index contributed by atoms with van der Waals surface area (Å²) in [6.07, 6.45) is 3.35. The standard InChI is InChI=1S/C10H9N3/c11-13-7-10-5-8-3-1-2-4-9(8)6-12-10/h1-7H,11H2/b13-7+. The van der Waals surface area contributed by atoms with Crippen molar-refractivity contribution in [1.82, 2.24) is 4.98 Å². The maximum Gasteiger partial charge on any atom is 0.0836 e. The van der Waals surface area contributed by atoms with Gasteiger partial charge >= 0.3 is 0 Å². The van der Waals surface area contributed by atoms with Crippen molar-refractivity contribution in [1.29, 1.82) is 0 Å². The Hall–Kier alpha value is -1.90. The Labute approximate surface area is 75.9 Å². The zero-order valence-corrected chi connectivity index (χ0v) is 7.01. The molecule has 0 aliphatic heterocycles. The number of fused-ring (bicyclic) bond motifs is 1. The minimum absolute atomic E-state index is 0.779. The summed E-state index contributed by atoms with van der Waals surface area (Å²) >= 11 is 0. The quantitative estimate of drug-likeness (QED) is 0.402. The van der Waals surface area contributed by atoms with Gasteiger partial charge in [0.05, 0.1) is 11.9 Å². The fourth-order valence-electron chi connectivity index (χ4n) is 1.25. The maximum absolute atomic E-state index is 5.03. The van der Waals surface area contributed by atoms with E-state index < -0.39 is 0 Å². The molecule has 13 heavy (non-hydrogen) atoms. The zero-order valence-electron chi connectivity index (χ0n) is 7.01. The molecule has 0 unspecified atom stereocenters. The Morgan fingerprint density at radius 1 is 1.23 bits per heavy atom. The molecule has 2 N–H and O–H groups in total. The van der Waals surface area contributed by atoms with Gasteiger partial charge < -0.3 is 5.84 Å². The van der Waals surface area contributed by atoms with Crippen molar-refractivity contribution in [3.05, 3.63) is 42.2 Å². The van der Waals surface area contributed by atoms with Gasteiger partial charge in [-0.15, -0.1) is 0 Å². The molecule has 2 aromatic rings. The van der Waals surface area contributed by atoms with E-state index in [1.165, 1.54) is 6.21 Å². The Bertz CT molecular complexity index is 449. The van der Waals surface area contributed by atoms with Crippen molar-refractivity contribution < 1.29 is 0 Å². The van der Waals surface area contributed by atoms with Gasteiger partial charge in [-0.25, -0.2) is 0 Å². The van der Waals surface area contributed by atoms with Crippen LogP contribution in [0.25, 0.3) is 10.8 Å². The first-order valence-corrected chi connectivity index (χ1v) is 3.98. The van der Waals surface area contributed by atoms with Crippen molar-refractivity contribution in [3.63, 3.8) is 0 Å². The zero-order chi connectivity index (χ0) is 9.10. The molecular weight excluding hydrogens is 162 g/mol. The first-order valence-electron chi connectivity index (χ1n) is 3.98. The maximum atomic E-state index is 5.03. The number of hydrogen-bond acceptors (Lipinski definition) is 3. The molecule has 64 valence electrons. The number of nitrogens with two attached hydrogens (primary N) is 1. The lowest BCUT2D eigenvalue weighted by molar-refractivity contribution is 1.24. The summed E-state index contributed by atoms with van der Waals surface area (Å²) in [5.41, 5.74) is 0.779. The van der Waals surface area contributed by atoms with Crippen molar-refractivity contribution in [2.24, 2.45) is 10.9 Å². The van der Waals surface area contributed by atoms with Gasteiger partial charge in [0.25, 0.3) is 0 Å². The highest BCUT2D eigenvalue weighted by molar-refractivity contribution is 5.87. The van der Waals surface area contributed by atoms with Crippen LogP contribution in [-0.2, 0) is 0 Å². The lowest BCUT2D eigenvalue weighted by Gasteiger charge is -1.96. The molecule has 1 heterocycles. The van der Waals surface area contributed by atoms with Crippen molar-refractivity contribution in [3.8, 4) is 0 Å². The van der Waals surface area contributed by atoms with Gasteiger partial charge in [0, 0.05) is 11.6 Å². The van der Waals surface area contributed by atoms with Crippen LogP contribution in [0.5, 0.6) is 0 Å². The summed E-state index contributed by atoms with van der Waals surface area (Å²) in [6, 6.07) is 9.98. The molecule has 0 amide bonds. The molecule has 1 aromatic heterocycles. The third-order valence-electron chi connectivity index (χ3n) is 1.86. The second-order valence-electron chi connectivity index (χ2n) is 2.73. The lowest BCUT2D eigenvalue weighted by Crippen LogP contribution is -1.90. The Kier molecular flexibility index (Phi) is 1.92. The van der Waals surface area contributed by atoms with E-state index in [0.29, 0.717) is 0 Å². The highest BCUT2D eigenvalue weighted by Gasteiger charge is 1.93. The average molecular weight is 171 g/mol. The molecular formula is C10H9N3. The number of rotatable bonds is 1. The summed E-state index contributed by atoms with van der Waals surface area (Å²) in [5.74, 6) is 5.03. The molecule has 3 heteroatoms. The summed E-state index contributed by atoms with van der Waals surface area (Å²) in [4.78, 5) is 4.17. The van der Waals surface area contributed by atoms with E-state index in [2.05, 4.69) is 10.1 Å². The number of hydrogen-bond donors (Lipinski definition) is 1. The molecule has 0 spiro atoms. The van der Waals surface area contributed by atoms with Crippen molar-refractivity contribution in [2.45, 2.75) is 0 Å². The van der Waals surface area contributed by atoms with Crippen LogP contribution in [0, 0.1) is 0 Å². The molecule has 0 radical (unpaired) electrons. The van der Waals surface area contributed by atoms with Crippen LogP contribution in [0.4, 0.5) is 0 Å². The van der Waals surface area contributed by atoms with Crippen molar-refractivity contribution >= 4 is 17.0 Å². The van der Waals surface area contributed by atoms with Gasteiger partial charge in [0.1, 0.15) is 0 Å². The summed E-state index contributed by atoms with van der Waals surface area (Å²) < 4.78 is 0. The topological polar surface area (TPSA) is 51.3 Å². The van der Waals surface area contributed by atoms with E-state index in [4.69, 9.17) is 5.84 Å². The molecule has 0 aliphatic rings. The fraction of sp³-hybridized carbons (Fsp3) is 0. The Morgan fingerprint density at radius 3 is 2.77 bits per heavy atom. The molecule has 2 rings (SSSR count). The minimum atomic E-state index is 0.779. The molecule has 1 aromatic carbocycles. The van der Waals surface area contributed by atoms with E-state index in [-0.39, 0.29) is 0 Å². The normalized spacial score (nSPS) is 11.1. The van der Waals surface area contributed by atoms with E-state index in [1.54, 1.807) is 0 Å². The minimum Gasteiger partial charge on any atom is -0.323 e. The van der Waals surface area contributed by atoms with Gasteiger partial charge in [-0.2, -0.15) is 5.10 Å². The second kappa shape index (κ2) is 3.23. The van der Waals surface area contributed by atoms with Crippen LogP contribution in [-0.4, -0.2) is 11.2 Å². The van der Waals surface area contributed by atoms with E-state index in [0.717, 1.165) is 16.5 Å². The molecule has 0 aliphatic carbocycles. The molecule has 0 saturated carbocycles. The van der Waals surface area contributed by atoms with E-state index >= 15 is 0 Å².